The number of ether oxygens (including phenoxy) is 5. The van der Waals surface area contributed by atoms with Crippen molar-refractivity contribution < 1.29 is 23.7 Å². The average Bonchev–Trinajstić information content (AvgIpc) is 3.11. The lowest BCUT2D eigenvalue weighted by Crippen LogP contribution is -2.41. The molecule has 0 amide bonds. The van der Waals surface area contributed by atoms with Crippen molar-refractivity contribution in [1.29, 1.82) is 0 Å². The summed E-state index contributed by atoms with van der Waals surface area (Å²) in [5, 5.41) is 0. The van der Waals surface area contributed by atoms with E-state index in [1.165, 1.54) is 5.92 Å². The molecule has 1 aliphatic carbocycles. The fourth-order valence-electron chi connectivity index (χ4n) is 3.72. The van der Waals surface area contributed by atoms with Gasteiger partial charge in [-0.15, -0.1) is 0 Å². The van der Waals surface area contributed by atoms with Crippen LogP contribution in [0.1, 0.15) is 27.7 Å². The van der Waals surface area contributed by atoms with Crippen molar-refractivity contribution in [3.05, 3.63) is 31.6 Å². The predicted molar refractivity (Wildman–Crippen MR) is 77.5 cm³/mol. The first-order valence-electron chi connectivity index (χ1n) is 7.89. The van der Waals surface area contributed by atoms with Crippen molar-refractivity contribution in [2.24, 2.45) is 5.92 Å². The van der Waals surface area contributed by atoms with Crippen LogP contribution in [0, 0.1) is 37.5 Å². The molecule has 0 bridgehead atoms. The molecule has 4 rings (SSSR count). The molecule has 0 N–H and O–H groups in total. The van der Waals surface area contributed by atoms with Gasteiger partial charge in [0.1, 0.15) is 12.2 Å². The molecule has 3 heterocycles. The highest BCUT2D eigenvalue weighted by molar-refractivity contribution is 5.39. The van der Waals surface area contributed by atoms with Crippen LogP contribution in [0.15, 0.2) is 0 Å². The van der Waals surface area contributed by atoms with Crippen molar-refractivity contribution in [2.75, 3.05) is 6.61 Å². The monoisotopic (exact) mass is 307 g/mol. The molecule has 0 aromatic rings. The van der Waals surface area contributed by atoms with E-state index in [0.717, 1.165) is 0 Å². The Morgan fingerprint density at radius 2 is 1.64 bits per heavy atom. The molecule has 4 aliphatic rings. The molecule has 5 nitrogen and oxygen atoms in total. The largest absolute Gasteiger partial charge is 0.348 e. The molecule has 3 saturated heterocycles. The summed E-state index contributed by atoms with van der Waals surface area (Å²) in [6.07, 6.45) is 7.58. The third-order valence-electron chi connectivity index (χ3n) is 4.56. The van der Waals surface area contributed by atoms with Gasteiger partial charge in [0.25, 0.3) is 0 Å². The second-order valence-electron chi connectivity index (χ2n) is 7.18. The van der Waals surface area contributed by atoms with Gasteiger partial charge in [0.05, 0.1) is 12.7 Å². The summed E-state index contributed by atoms with van der Waals surface area (Å²) < 4.78 is 29.9. The van der Waals surface area contributed by atoms with Gasteiger partial charge in [-0.2, -0.15) is 0 Å². The lowest BCUT2D eigenvalue weighted by Gasteiger charge is -2.31. The van der Waals surface area contributed by atoms with Gasteiger partial charge in [0, 0.05) is 5.92 Å². The fourth-order valence-corrected chi connectivity index (χ4v) is 3.72. The fraction of sp³-hybridized carbons (Fsp3) is 0.706. The molecule has 5 heteroatoms. The van der Waals surface area contributed by atoms with Gasteiger partial charge in [0.2, 0.25) is 0 Å². The molecule has 0 spiro atoms. The Bertz CT molecular complexity index is 429. The Morgan fingerprint density at radius 3 is 2.27 bits per heavy atom. The van der Waals surface area contributed by atoms with E-state index in [4.69, 9.17) is 23.7 Å². The molecule has 121 valence electrons. The van der Waals surface area contributed by atoms with Gasteiger partial charge in [-0.25, -0.2) is 0 Å². The topological polar surface area (TPSA) is 46.2 Å². The average molecular weight is 307 g/mol. The van der Waals surface area contributed by atoms with E-state index >= 15 is 0 Å². The van der Waals surface area contributed by atoms with Crippen LogP contribution in [-0.4, -0.2) is 42.8 Å². The number of hydrogen-bond acceptors (Lipinski definition) is 5. The summed E-state index contributed by atoms with van der Waals surface area (Å²) >= 11 is 0. The Kier molecular flexibility index (Phi) is 3.59. The van der Waals surface area contributed by atoms with Crippen LogP contribution in [0.2, 0.25) is 0 Å². The predicted octanol–water partition coefficient (Wildman–Crippen LogP) is 2.04. The second kappa shape index (κ2) is 5.15. The zero-order valence-electron chi connectivity index (χ0n) is 13.4. The first-order chi connectivity index (χ1) is 10.3. The summed E-state index contributed by atoms with van der Waals surface area (Å²) in [7, 11) is 0. The maximum Gasteiger partial charge on any atom is 0.187 e. The summed E-state index contributed by atoms with van der Waals surface area (Å²) in [6.45, 7) is 8.22. The van der Waals surface area contributed by atoms with E-state index in [9.17, 15) is 0 Å². The minimum Gasteiger partial charge on any atom is -0.348 e. The summed E-state index contributed by atoms with van der Waals surface area (Å²) in [5.74, 6) is 0.108. The molecule has 22 heavy (non-hydrogen) atoms. The van der Waals surface area contributed by atoms with E-state index in [-0.39, 0.29) is 30.5 Å². The van der Waals surface area contributed by atoms with Gasteiger partial charge >= 0.3 is 0 Å². The third kappa shape index (κ3) is 2.61. The highest BCUT2D eigenvalue weighted by Crippen LogP contribution is 2.49. The van der Waals surface area contributed by atoms with Crippen LogP contribution in [0.5, 0.6) is 0 Å². The van der Waals surface area contributed by atoms with Crippen molar-refractivity contribution >= 4 is 0 Å². The van der Waals surface area contributed by atoms with E-state index in [1.54, 1.807) is 0 Å². The summed E-state index contributed by atoms with van der Waals surface area (Å²) in [5.41, 5.74) is 0. The standard InChI is InChI=1S/C17H23O5/c1-16(2)18-9-11(20-16)13-12(10-7-5-6-8-10)14-15(19-13)22-17(3,4)21-14/h5-8,11-15H,9H2,1-4H3/t11-,12+,13+,14+,15+/m0/s1. The minimum atomic E-state index is -0.614. The molecular formula is C17H23O5. The lowest BCUT2D eigenvalue weighted by molar-refractivity contribution is -0.225. The van der Waals surface area contributed by atoms with Crippen LogP contribution >= 0.6 is 0 Å². The van der Waals surface area contributed by atoms with E-state index < -0.39 is 11.6 Å². The normalized spacial score (nSPS) is 47.2. The van der Waals surface area contributed by atoms with Crippen molar-refractivity contribution in [3.8, 4) is 0 Å². The van der Waals surface area contributed by atoms with Gasteiger partial charge in [-0.3, -0.25) is 0 Å². The maximum atomic E-state index is 6.18. The zero-order valence-corrected chi connectivity index (χ0v) is 13.4. The molecule has 5 radical (unpaired) electrons. The highest BCUT2D eigenvalue weighted by Gasteiger charge is 2.60. The van der Waals surface area contributed by atoms with Crippen LogP contribution in [0.25, 0.3) is 0 Å². The number of rotatable bonds is 2. The van der Waals surface area contributed by atoms with Crippen molar-refractivity contribution in [1.82, 2.24) is 0 Å². The summed E-state index contributed by atoms with van der Waals surface area (Å²) in [4.78, 5) is 0. The Morgan fingerprint density at radius 1 is 0.909 bits per heavy atom. The molecule has 3 aliphatic heterocycles. The van der Waals surface area contributed by atoms with Crippen LogP contribution in [0.4, 0.5) is 0 Å². The smallest absolute Gasteiger partial charge is 0.187 e. The van der Waals surface area contributed by atoms with E-state index in [0.29, 0.717) is 6.61 Å². The van der Waals surface area contributed by atoms with Gasteiger partial charge in [-0.1, -0.05) is 0 Å². The summed E-state index contributed by atoms with van der Waals surface area (Å²) in [6, 6.07) is 0. The molecule has 1 saturated carbocycles. The second-order valence-corrected chi connectivity index (χ2v) is 7.18. The molecule has 4 fully saturated rings. The van der Waals surface area contributed by atoms with Gasteiger partial charge < -0.3 is 23.7 Å². The Balaban J connectivity index is 1.56. The number of hydrogen-bond donors (Lipinski definition) is 0. The van der Waals surface area contributed by atoms with Crippen molar-refractivity contribution in [3.63, 3.8) is 0 Å². The maximum absolute atomic E-state index is 6.18. The Hall–Kier alpha value is -0.200. The molecule has 0 aromatic carbocycles. The van der Waals surface area contributed by atoms with Crippen LogP contribution < -0.4 is 0 Å². The third-order valence-corrected chi connectivity index (χ3v) is 4.56. The molecular weight excluding hydrogens is 284 g/mol. The Labute approximate surface area is 132 Å². The molecule has 0 unspecified atom stereocenters. The van der Waals surface area contributed by atoms with Gasteiger partial charge in [-0.05, 0) is 59.3 Å². The quantitative estimate of drug-likeness (QED) is 0.781. The zero-order chi connectivity index (χ0) is 15.5. The van der Waals surface area contributed by atoms with Crippen LogP contribution in [0.3, 0.4) is 0 Å². The van der Waals surface area contributed by atoms with E-state index in [2.05, 4.69) is 12.8 Å². The first-order valence-corrected chi connectivity index (χ1v) is 7.89. The van der Waals surface area contributed by atoms with Crippen molar-refractivity contribution in [2.45, 2.75) is 63.9 Å². The molecule has 5 atom stereocenters. The van der Waals surface area contributed by atoms with E-state index in [1.807, 2.05) is 40.5 Å². The number of fused-ring (bicyclic) bond motifs is 1. The lowest BCUT2D eigenvalue weighted by atomic mass is 9.81. The van der Waals surface area contributed by atoms with Gasteiger partial charge in [0.15, 0.2) is 17.9 Å². The highest BCUT2D eigenvalue weighted by atomic mass is 16.8. The molecule has 0 aromatic heterocycles. The first kappa shape index (κ1) is 15.3. The van der Waals surface area contributed by atoms with Crippen LogP contribution in [-0.2, 0) is 23.7 Å². The SMILES string of the molecule is CC1(C)O[C@H]2O[C@H]([C@@H]3COC(C)(C)O3)[C@@H]([C]3[CH][CH][CH][CH]3)[C@H]2O1. The minimum absolute atomic E-state index is 0.0873.